The minimum Gasteiger partial charge on any atom is -0.493 e. The molecule has 1 aromatic rings. The summed E-state index contributed by atoms with van der Waals surface area (Å²) in [5.41, 5.74) is 3.42. The van der Waals surface area contributed by atoms with Crippen molar-refractivity contribution in [3.05, 3.63) is 29.3 Å². The Hall–Kier alpha value is -0.980. The van der Waals surface area contributed by atoms with Gasteiger partial charge < -0.3 is 4.74 Å². The second kappa shape index (κ2) is 4.60. The molecule has 0 bridgehead atoms. The summed E-state index contributed by atoms with van der Waals surface area (Å²) in [6.07, 6.45) is 3.55. The number of fused-ring (bicyclic) bond motifs is 1. The van der Waals surface area contributed by atoms with E-state index in [2.05, 4.69) is 52.8 Å². The first-order valence-electron chi connectivity index (χ1n) is 7.15. The molecule has 1 nitrogen and oxygen atoms in total. The summed E-state index contributed by atoms with van der Waals surface area (Å²) in [5, 5.41) is 0. The molecule has 0 fully saturated rings. The van der Waals surface area contributed by atoms with E-state index in [1.807, 2.05) is 0 Å². The van der Waals surface area contributed by atoms with Crippen molar-refractivity contribution >= 4 is 0 Å². The van der Waals surface area contributed by atoms with Crippen LogP contribution in [0.2, 0.25) is 0 Å². The molecule has 0 aromatic heterocycles. The van der Waals surface area contributed by atoms with Crippen LogP contribution in [-0.2, 0) is 10.8 Å². The Labute approximate surface area is 112 Å². The predicted octanol–water partition coefficient (Wildman–Crippen LogP) is 4.82. The fraction of sp³-hybridized carbons (Fsp3) is 0.647. The Balaban J connectivity index is 2.53. The van der Waals surface area contributed by atoms with Gasteiger partial charge in [0.2, 0.25) is 0 Å². The van der Waals surface area contributed by atoms with Crippen LogP contribution in [0, 0.1) is 0 Å². The zero-order chi connectivity index (χ0) is 13.4. The van der Waals surface area contributed by atoms with Gasteiger partial charge in [0.1, 0.15) is 5.75 Å². The highest BCUT2D eigenvalue weighted by atomic mass is 16.5. The molecule has 2 rings (SSSR count). The molecule has 0 spiro atoms. The van der Waals surface area contributed by atoms with Gasteiger partial charge in [0.25, 0.3) is 0 Å². The third kappa shape index (κ3) is 2.28. The Morgan fingerprint density at radius 1 is 1.06 bits per heavy atom. The number of ether oxygens (including phenoxy) is 1. The molecular weight excluding hydrogens is 220 g/mol. The van der Waals surface area contributed by atoms with Crippen molar-refractivity contribution in [1.29, 1.82) is 0 Å². The van der Waals surface area contributed by atoms with Crippen LogP contribution in [0.3, 0.4) is 0 Å². The maximum Gasteiger partial charge on any atom is 0.123 e. The number of hydrogen-bond donors (Lipinski definition) is 0. The zero-order valence-electron chi connectivity index (χ0n) is 12.5. The van der Waals surface area contributed by atoms with Crippen molar-refractivity contribution in [2.45, 2.75) is 64.7 Å². The Morgan fingerprint density at radius 2 is 1.72 bits per heavy atom. The summed E-state index contributed by atoms with van der Waals surface area (Å²) in [7, 11) is 0. The standard InChI is InChI=1S/C17H26O/c1-6-12-18-14-9-7-8-13-15(14)17(4,5)11-10-16(13,2)3/h7-9H,6,10-12H2,1-5H3. The quantitative estimate of drug-likeness (QED) is 0.742. The lowest BCUT2D eigenvalue weighted by Gasteiger charge is -2.42. The maximum absolute atomic E-state index is 5.98. The molecule has 1 heteroatoms. The van der Waals surface area contributed by atoms with E-state index < -0.39 is 0 Å². The van der Waals surface area contributed by atoms with Crippen LogP contribution in [-0.4, -0.2) is 6.61 Å². The highest BCUT2D eigenvalue weighted by Gasteiger charge is 2.38. The molecule has 0 radical (unpaired) electrons. The van der Waals surface area contributed by atoms with Crippen molar-refractivity contribution in [3.8, 4) is 5.75 Å². The Bertz CT molecular complexity index is 429. The molecule has 1 aliphatic carbocycles. The van der Waals surface area contributed by atoms with Crippen molar-refractivity contribution in [3.63, 3.8) is 0 Å². The number of rotatable bonds is 3. The van der Waals surface area contributed by atoms with Crippen molar-refractivity contribution in [2.24, 2.45) is 0 Å². The lowest BCUT2D eigenvalue weighted by atomic mass is 9.63. The third-order valence-electron chi connectivity index (χ3n) is 4.27. The van der Waals surface area contributed by atoms with Gasteiger partial charge in [-0.15, -0.1) is 0 Å². The van der Waals surface area contributed by atoms with E-state index in [-0.39, 0.29) is 10.8 Å². The van der Waals surface area contributed by atoms with E-state index in [0.29, 0.717) is 0 Å². The van der Waals surface area contributed by atoms with Crippen LogP contribution < -0.4 is 4.74 Å². The molecule has 1 aromatic carbocycles. The van der Waals surface area contributed by atoms with Crippen molar-refractivity contribution in [1.82, 2.24) is 0 Å². The molecule has 0 aliphatic heterocycles. The van der Waals surface area contributed by atoms with Gasteiger partial charge in [-0.25, -0.2) is 0 Å². The summed E-state index contributed by atoms with van der Waals surface area (Å²) >= 11 is 0. The largest absolute Gasteiger partial charge is 0.493 e. The van der Waals surface area contributed by atoms with Crippen LogP contribution in [0.15, 0.2) is 18.2 Å². The van der Waals surface area contributed by atoms with Crippen LogP contribution in [0.1, 0.15) is 65.0 Å². The topological polar surface area (TPSA) is 9.23 Å². The Morgan fingerprint density at radius 3 is 2.39 bits per heavy atom. The zero-order valence-corrected chi connectivity index (χ0v) is 12.5. The third-order valence-corrected chi connectivity index (χ3v) is 4.27. The molecule has 0 heterocycles. The summed E-state index contributed by atoms with van der Waals surface area (Å²) < 4.78 is 5.98. The van der Waals surface area contributed by atoms with Crippen molar-refractivity contribution in [2.75, 3.05) is 6.61 Å². The molecule has 18 heavy (non-hydrogen) atoms. The number of benzene rings is 1. The second-order valence-electron chi connectivity index (χ2n) is 6.79. The van der Waals surface area contributed by atoms with Gasteiger partial charge in [-0.1, -0.05) is 46.8 Å². The molecule has 0 N–H and O–H groups in total. The molecule has 0 atom stereocenters. The minimum atomic E-state index is 0.231. The SMILES string of the molecule is CCCOc1cccc2c1C(C)(C)CCC2(C)C. The van der Waals surface area contributed by atoms with Gasteiger partial charge in [0.05, 0.1) is 6.61 Å². The average molecular weight is 246 g/mol. The summed E-state index contributed by atoms with van der Waals surface area (Å²) in [5.74, 6) is 1.10. The first-order chi connectivity index (χ1) is 8.38. The van der Waals surface area contributed by atoms with Gasteiger partial charge in [0, 0.05) is 5.56 Å². The summed E-state index contributed by atoms with van der Waals surface area (Å²) in [6.45, 7) is 12.4. The van der Waals surface area contributed by atoms with Crippen LogP contribution in [0.4, 0.5) is 0 Å². The molecule has 0 amide bonds. The lowest BCUT2D eigenvalue weighted by molar-refractivity contribution is 0.282. The van der Waals surface area contributed by atoms with E-state index >= 15 is 0 Å². The summed E-state index contributed by atoms with van der Waals surface area (Å²) in [6, 6.07) is 6.57. The van der Waals surface area contributed by atoms with E-state index in [4.69, 9.17) is 4.74 Å². The van der Waals surface area contributed by atoms with E-state index in [0.717, 1.165) is 18.8 Å². The molecular formula is C17H26O. The fourth-order valence-corrected chi connectivity index (χ4v) is 3.01. The highest BCUT2D eigenvalue weighted by Crippen LogP contribution is 2.49. The van der Waals surface area contributed by atoms with E-state index in [1.165, 1.54) is 24.0 Å². The van der Waals surface area contributed by atoms with Crippen LogP contribution in [0.25, 0.3) is 0 Å². The minimum absolute atomic E-state index is 0.231. The van der Waals surface area contributed by atoms with Gasteiger partial charge in [-0.05, 0) is 41.7 Å². The fourth-order valence-electron chi connectivity index (χ4n) is 3.01. The maximum atomic E-state index is 5.98. The molecule has 0 saturated carbocycles. The van der Waals surface area contributed by atoms with Gasteiger partial charge in [-0.3, -0.25) is 0 Å². The van der Waals surface area contributed by atoms with Crippen molar-refractivity contribution < 1.29 is 4.74 Å². The smallest absolute Gasteiger partial charge is 0.123 e. The molecule has 0 saturated heterocycles. The highest BCUT2D eigenvalue weighted by molar-refractivity contribution is 5.50. The molecule has 1 aliphatic rings. The van der Waals surface area contributed by atoms with Gasteiger partial charge >= 0.3 is 0 Å². The summed E-state index contributed by atoms with van der Waals surface area (Å²) in [4.78, 5) is 0. The second-order valence-corrected chi connectivity index (χ2v) is 6.79. The molecule has 0 unspecified atom stereocenters. The molecule has 100 valence electrons. The normalized spacial score (nSPS) is 20.3. The van der Waals surface area contributed by atoms with Gasteiger partial charge in [-0.2, -0.15) is 0 Å². The van der Waals surface area contributed by atoms with Gasteiger partial charge in [0.15, 0.2) is 0 Å². The first-order valence-corrected chi connectivity index (χ1v) is 7.15. The average Bonchev–Trinajstić information content (AvgIpc) is 2.32. The first kappa shape index (κ1) is 13.5. The van der Waals surface area contributed by atoms with Crippen LogP contribution >= 0.6 is 0 Å². The van der Waals surface area contributed by atoms with E-state index in [1.54, 1.807) is 0 Å². The van der Waals surface area contributed by atoms with E-state index in [9.17, 15) is 0 Å². The predicted molar refractivity (Wildman–Crippen MR) is 77.5 cm³/mol. The monoisotopic (exact) mass is 246 g/mol. The Kier molecular flexibility index (Phi) is 3.44. The number of hydrogen-bond acceptors (Lipinski definition) is 1. The van der Waals surface area contributed by atoms with Crippen LogP contribution in [0.5, 0.6) is 5.75 Å². The lowest BCUT2D eigenvalue weighted by Crippen LogP contribution is -2.34.